The van der Waals surface area contributed by atoms with Gasteiger partial charge in [-0.1, -0.05) is 18.6 Å². The summed E-state index contributed by atoms with van der Waals surface area (Å²) in [7, 11) is 1.79. The number of ether oxygens (including phenoxy) is 1. The standard InChI is InChI=1S/C26H34N2O2/c1-18-7-6-12-27-25(18)26(29)22-10-5-11-23(26)17-28(16-22)15-21-13-19-8-3-4-9-20(19)14-24(21)30-2/h6-7,12-14,22-23,29H,3-5,8-11,15-17H2,1-2H3/t22-,23-/m0/s1. The number of methoxy groups -OCH3 is 1. The van der Waals surface area contributed by atoms with E-state index in [1.165, 1.54) is 48.8 Å². The fourth-order valence-corrected chi connectivity index (χ4v) is 6.33. The van der Waals surface area contributed by atoms with Crippen molar-refractivity contribution in [2.75, 3.05) is 20.2 Å². The van der Waals surface area contributed by atoms with Crippen LogP contribution in [-0.4, -0.2) is 35.2 Å². The van der Waals surface area contributed by atoms with Gasteiger partial charge in [0.2, 0.25) is 0 Å². The lowest BCUT2D eigenvalue weighted by molar-refractivity contribution is -0.151. The van der Waals surface area contributed by atoms with E-state index < -0.39 is 5.60 Å². The quantitative estimate of drug-likeness (QED) is 0.818. The Balaban J connectivity index is 1.41. The molecule has 0 unspecified atom stereocenters. The van der Waals surface area contributed by atoms with E-state index in [0.717, 1.165) is 49.5 Å². The summed E-state index contributed by atoms with van der Waals surface area (Å²) in [5.74, 6) is 1.51. The van der Waals surface area contributed by atoms with Gasteiger partial charge in [0.25, 0.3) is 0 Å². The number of aryl methyl sites for hydroxylation is 3. The topological polar surface area (TPSA) is 45.6 Å². The Morgan fingerprint density at radius 3 is 2.47 bits per heavy atom. The Morgan fingerprint density at radius 2 is 1.80 bits per heavy atom. The van der Waals surface area contributed by atoms with Crippen molar-refractivity contribution in [3.63, 3.8) is 0 Å². The van der Waals surface area contributed by atoms with Gasteiger partial charge in [0, 0.05) is 43.2 Å². The van der Waals surface area contributed by atoms with Crippen molar-refractivity contribution in [1.29, 1.82) is 0 Å². The minimum Gasteiger partial charge on any atom is -0.496 e. The van der Waals surface area contributed by atoms with Crippen molar-refractivity contribution in [1.82, 2.24) is 9.88 Å². The smallest absolute Gasteiger partial charge is 0.123 e. The number of piperidine rings is 1. The third-order valence-corrected chi connectivity index (χ3v) is 7.83. The summed E-state index contributed by atoms with van der Waals surface area (Å²) < 4.78 is 5.79. The zero-order valence-electron chi connectivity index (χ0n) is 18.4. The molecule has 2 fully saturated rings. The van der Waals surface area contributed by atoms with E-state index >= 15 is 0 Å². The van der Waals surface area contributed by atoms with Gasteiger partial charge in [-0.3, -0.25) is 9.88 Å². The summed E-state index contributed by atoms with van der Waals surface area (Å²) in [4.78, 5) is 7.20. The lowest BCUT2D eigenvalue weighted by atomic mass is 9.63. The van der Waals surface area contributed by atoms with E-state index in [4.69, 9.17) is 4.74 Å². The van der Waals surface area contributed by atoms with Gasteiger partial charge in [-0.15, -0.1) is 0 Å². The largest absolute Gasteiger partial charge is 0.496 e. The molecule has 4 nitrogen and oxygen atoms in total. The molecule has 1 N–H and O–H groups in total. The zero-order chi connectivity index (χ0) is 20.7. The summed E-state index contributed by atoms with van der Waals surface area (Å²) in [6.07, 6.45) is 10.1. The normalized spacial score (nSPS) is 28.8. The minimum atomic E-state index is -0.792. The first-order chi connectivity index (χ1) is 14.6. The van der Waals surface area contributed by atoms with Crippen molar-refractivity contribution in [3.8, 4) is 5.75 Å². The molecule has 0 radical (unpaired) electrons. The highest BCUT2D eigenvalue weighted by atomic mass is 16.5. The molecule has 1 aromatic carbocycles. The first-order valence-corrected chi connectivity index (χ1v) is 11.6. The number of aliphatic hydroxyl groups is 1. The van der Waals surface area contributed by atoms with E-state index in [-0.39, 0.29) is 11.8 Å². The second kappa shape index (κ2) is 7.97. The number of rotatable bonds is 4. The second-order valence-electron chi connectivity index (χ2n) is 9.65. The number of hydrogen-bond donors (Lipinski definition) is 1. The molecule has 160 valence electrons. The van der Waals surface area contributed by atoms with Crippen molar-refractivity contribution in [2.24, 2.45) is 11.8 Å². The maximum absolute atomic E-state index is 11.9. The van der Waals surface area contributed by atoms with Gasteiger partial charge in [0.15, 0.2) is 0 Å². The Hall–Kier alpha value is -1.91. The summed E-state index contributed by atoms with van der Waals surface area (Å²) >= 11 is 0. The van der Waals surface area contributed by atoms with Crippen molar-refractivity contribution in [2.45, 2.75) is 64.0 Å². The molecular formula is C26H34N2O2. The fraction of sp³-hybridized carbons (Fsp3) is 0.577. The molecule has 30 heavy (non-hydrogen) atoms. The lowest BCUT2D eigenvalue weighted by Gasteiger charge is -2.53. The Labute approximate surface area is 180 Å². The number of pyridine rings is 1. The van der Waals surface area contributed by atoms with Crippen molar-refractivity contribution < 1.29 is 9.84 Å². The predicted molar refractivity (Wildman–Crippen MR) is 119 cm³/mol. The average molecular weight is 407 g/mol. The van der Waals surface area contributed by atoms with Gasteiger partial charge in [-0.2, -0.15) is 0 Å². The summed E-state index contributed by atoms with van der Waals surface area (Å²) in [6.45, 7) is 4.83. The van der Waals surface area contributed by atoms with Crippen LogP contribution in [0.25, 0.3) is 0 Å². The first kappa shape index (κ1) is 20.0. The third-order valence-electron chi connectivity index (χ3n) is 7.83. The molecule has 0 amide bonds. The van der Waals surface area contributed by atoms with Crippen LogP contribution in [-0.2, 0) is 25.0 Å². The number of fused-ring (bicyclic) bond motifs is 3. The molecule has 1 aromatic heterocycles. The van der Waals surface area contributed by atoms with Crippen molar-refractivity contribution >= 4 is 0 Å². The molecule has 2 aliphatic carbocycles. The Kier molecular flexibility index (Phi) is 5.32. The number of nitrogens with zero attached hydrogens (tertiary/aromatic N) is 2. The average Bonchev–Trinajstić information content (AvgIpc) is 2.74. The molecule has 2 atom stereocenters. The molecule has 1 saturated carbocycles. The molecule has 2 heterocycles. The van der Waals surface area contributed by atoms with Gasteiger partial charge >= 0.3 is 0 Å². The van der Waals surface area contributed by atoms with Crippen molar-refractivity contribution in [3.05, 3.63) is 58.4 Å². The van der Waals surface area contributed by atoms with E-state index in [2.05, 4.69) is 35.0 Å². The van der Waals surface area contributed by atoms with Crippen LogP contribution in [0, 0.1) is 18.8 Å². The molecule has 2 aromatic rings. The predicted octanol–water partition coefficient (Wildman–Crippen LogP) is 4.40. The highest BCUT2D eigenvalue weighted by Gasteiger charge is 2.52. The Morgan fingerprint density at radius 1 is 1.10 bits per heavy atom. The van der Waals surface area contributed by atoms with Gasteiger partial charge in [0.1, 0.15) is 11.4 Å². The van der Waals surface area contributed by atoms with Crippen LogP contribution < -0.4 is 4.74 Å². The van der Waals surface area contributed by atoms with E-state index in [1.807, 2.05) is 12.3 Å². The van der Waals surface area contributed by atoms with Gasteiger partial charge < -0.3 is 9.84 Å². The van der Waals surface area contributed by atoms with Crippen LogP contribution in [0.1, 0.15) is 60.1 Å². The minimum absolute atomic E-state index is 0.238. The first-order valence-electron chi connectivity index (χ1n) is 11.6. The van der Waals surface area contributed by atoms with Gasteiger partial charge in [-0.25, -0.2) is 0 Å². The molecule has 2 bridgehead atoms. The maximum atomic E-state index is 11.9. The zero-order valence-corrected chi connectivity index (χ0v) is 18.4. The number of benzene rings is 1. The van der Waals surface area contributed by atoms with Crippen LogP contribution in [0.3, 0.4) is 0 Å². The fourth-order valence-electron chi connectivity index (χ4n) is 6.33. The molecular weight excluding hydrogens is 372 g/mol. The van der Waals surface area contributed by atoms with E-state index in [1.54, 1.807) is 7.11 Å². The monoisotopic (exact) mass is 406 g/mol. The number of likely N-dealkylation sites (tertiary alicyclic amines) is 1. The Bertz CT molecular complexity index is 911. The van der Waals surface area contributed by atoms with Crippen LogP contribution in [0.5, 0.6) is 5.75 Å². The van der Waals surface area contributed by atoms with Crippen LogP contribution in [0.15, 0.2) is 30.5 Å². The van der Waals surface area contributed by atoms with Crippen LogP contribution in [0.2, 0.25) is 0 Å². The lowest BCUT2D eigenvalue weighted by Crippen LogP contribution is -2.58. The molecule has 1 aliphatic heterocycles. The highest BCUT2D eigenvalue weighted by molar-refractivity contribution is 5.44. The molecule has 4 heteroatoms. The SMILES string of the molecule is COc1cc2c(cc1CN1C[C@@H]3CCC[C@@H](C1)C3(O)c1ncccc1C)CCCC2. The third kappa shape index (κ3) is 3.34. The summed E-state index contributed by atoms with van der Waals surface area (Å²) in [5.41, 5.74) is 5.51. The van der Waals surface area contributed by atoms with Gasteiger partial charge in [-0.05, 0) is 74.3 Å². The summed E-state index contributed by atoms with van der Waals surface area (Å²) in [6, 6.07) is 8.73. The molecule has 0 spiro atoms. The van der Waals surface area contributed by atoms with Crippen LogP contribution >= 0.6 is 0 Å². The maximum Gasteiger partial charge on any atom is 0.123 e. The number of hydrogen-bond acceptors (Lipinski definition) is 4. The summed E-state index contributed by atoms with van der Waals surface area (Å²) in [5, 5.41) is 11.9. The highest BCUT2D eigenvalue weighted by Crippen LogP contribution is 2.49. The van der Waals surface area contributed by atoms with Crippen LogP contribution in [0.4, 0.5) is 0 Å². The second-order valence-corrected chi connectivity index (χ2v) is 9.65. The van der Waals surface area contributed by atoms with Gasteiger partial charge in [0.05, 0.1) is 12.8 Å². The molecule has 1 saturated heterocycles. The van der Waals surface area contributed by atoms with E-state index in [9.17, 15) is 5.11 Å². The molecule has 3 aliphatic rings. The number of aromatic nitrogens is 1. The molecule has 5 rings (SSSR count). The van der Waals surface area contributed by atoms with E-state index in [0.29, 0.717) is 0 Å².